The maximum Gasteiger partial charge on any atom is 0.197 e. The van der Waals surface area contributed by atoms with E-state index in [1.165, 1.54) is 0 Å². The van der Waals surface area contributed by atoms with E-state index in [0.717, 1.165) is 53.7 Å². The molecule has 0 unspecified atom stereocenters. The molecule has 0 spiro atoms. The average molecular weight is 725 g/mol. The number of nitrogens with zero attached hydrogens (tertiary/aromatic N) is 2. The third-order valence-electron chi connectivity index (χ3n) is 11.4. The summed E-state index contributed by atoms with van der Waals surface area (Å²) in [4.78, 5) is 57.6. The molecule has 12 rings (SSSR count). The molecule has 0 saturated carbocycles. The van der Waals surface area contributed by atoms with Crippen LogP contribution in [0.3, 0.4) is 0 Å². The van der Waals surface area contributed by atoms with E-state index in [1.54, 1.807) is 47.7 Å². The van der Waals surface area contributed by atoms with Crippen molar-refractivity contribution in [2.45, 2.75) is 0 Å². The van der Waals surface area contributed by atoms with Crippen LogP contribution in [0.25, 0.3) is 108 Å². The van der Waals surface area contributed by atoms with Gasteiger partial charge in [0, 0.05) is 63.6 Å². The SMILES string of the molecule is O=c1c2ccccc2n2c3ccc(-c4sc(-c5ccc6c(c5)c(=O)c5cccc7c(=O)c8ccccc8n6c75)c5ccccc45)cc3c(=O)c3cccc1c32. The molecule has 0 N–H and O–H groups in total. The van der Waals surface area contributed by atoms with Crippen LogP contribution >= 0.6 is 11.3 Å². The summed E-state index contributed by atoms with van der Waals surface area (Å²) in [7, 11) is 0. The van der Waals surface area contributed by atoms with Gasteiger partial charge in [-0.3, -0.25) is 19.2 Å². The average Bonchev–Trinajstić information content (AvgIpc) is 3.63. The lowest BCUT2D eigenvalue weighted by molar-refractivity contribution is 1.31. The first-order chi connectivity index (χ1) is 27.0. The highest BCUT2D eigenvalue weighted by atomic mass is 32.1. The monoisotopic (exact) mass is 724 g/mol. The summed E-state index contributed by atoms with van der Waals surface area (Å²) < 4.78 is 4.11. The molecule has 5 aromatic heterocycles. The van der Waals surface area contributed by atoms with E-state index in [2.05, 4.69) is 33.1 Å². The molecule has 0 aliphatic heterocycles. The van der Waals surface area contributed by atoms with Gasteiger partial charge in [-0.1, -0.05) is 72.8 Å². The minimum Gasteiger partial charge on any atom is -0.308 e. The highest BCUT2D eigenvalue weighted by molar-refractivity contribution is 7.21. The second-order valence-corrected chi connectivity index (χ2v) is 15.2. The van der Waals surface area contributed by atoms with E-state index in [9.17, 15) is 19.2 Å². The Morgan fingerprint density at radius 2 is 0.636 bits per heavy atom. The molecule has 256 valence electrons. The molecule has 0 bridgehead atoms. The first-order valence-electron chi connectivity index (χ1n) is 18.0. The molecule has 0 amide bonds. The third-order valence-corrected chi connectivity index (χ3v) is 12.7. The minimum atomic E-state index is -0.115. The number of pyridine rings is 4. The lowest BCUT2D eigenvalue weighted by Crippen LogP contribution is -2.13. The zero-order valence-corrected chi connectivity index (χ0v) is 29.6. The number of hydrogen-bond donors (Lipinski definition) is 0. The van der Waals surface area contributed by atoms with E-state index in [1.807, 2.05) is 84.9 Å². The van der Waals surface area contributed by atoms with Gasteiger partial charge in [0.2, 0.25) is 0 Å². The van der Waals surface area contributed by atoms with Gasteiger partial charge in [0.15, 0.2) is 21.7 Å². The van der Waals surface area contributed by atoms with Crippen molar-refractivity contribution in [2.75, 3.05) is 0 Å². The number of rotatable bonds is 2. The van der Waals surface area contributed by atoms with Crippen LogP contribution in [0, 0.1) is 0 Å². The fourth-order valence-electron chi connectivity index (χ4n) is 8.97. The molecule has 0 aliphatic carbocycles. The molecule has 12 aromatic rings. The van der Waals surface area contributed by atoms with Crippen molar-refractivity contribution in [1.82, 2.24) is 8.80 Å². The fourth-order valence-corrected chi connectivity index (χ4v) is 10.2. The molecule has 0 saturated heterocycles. The van der Waals surface area contributed by atoms with Crippen LogP contribution < -0.4 is 21.7 Å². The van der Waals surface area contributed by atoms with E-state index in [4.69, 9.17) is 0 Å². The summed E-state index contributed by atoms with van der Waals surface area (Å²) in [5, 5.41) is 6.52. The number of benzene rings is 7. The maximum absolute atomic E-state index is 14.3. The van der Waals surface area contributed by atoms with Gasteiger partial charge in [0.05, 0.1) is 33.1 Å². The predicted molar refractivity (Wildman–Crippen MR) is 227 cm³/mol. The van der Waals surface area contributed by atoms with Gasteiger partial charge in [-0.15, -0.1) is 11.3 Å². The van der Waals surface area contributed by atoms with Crippen molar-refractivity contribution in [2.24, 2.45) is 0 Å². The normalized spacial score (nSPS) is 12.3. The quantitative estimate of drug-likeness (QED) is 0.131. The minimum absolute atomic E-state index is 0.0807. The molecule has 0 fully saturated rings. The Balaban J connectivity index is 1.12. The zero-order chi connectivity index (χ0) is 36.7. The van der Waals surface area contributed by atoms with Crippen molar-refractivity contribution in [3.63, 3.8) is 0 Å². The second kappa shape index (κ2) is 10.7. The predicted octanol–water partition coefficient (Wildman–Crippen LogP) is 9.98. The molecule has 6 nitrogen and oxygen atoms in total. The number of fused-ring (bicyclic) bond motifs is 9. The molecule has 0 radical (unpaired) electrons. The summed E-state index contributed by atoms with van der Waals surface area (Å²) in [6.45, 7) is 0. The van der Waals surface area contributed by atoms with Crippen LogP contribution in [0.5, 0.6) is 0 Å². The number of aromatic nitrogens is 2. The first kappa shape index (κ1) is 30.3. The summed E-state index contributed by atoms with van der Waals surface area (Å²) >= 11 is 1.63. The first-order valence-corrected chi connectivity index (χ1v) is 18.8. The van der Waals surface area contributed by atoms with E-state index in [-0.39, 0.29) is 21.7 Å². The standard InChI is InChI=1S/C48H24N2O4S/c51-43-29-11-3-5-17-37(29)49-39-21-19-25(23-35(39)45(53)33-15-7-13-31(43)41(33)49)47-27-9-1-2-10-28(27)48(55-47)26-20-22-40-36(24-26)46(54)34-16-8-14-32-42(34)50(40)38-18-6-4-12-30(38)44(32)52/h1-24H. The van der Waals surface area contributed by atoms with E-state index in [0.29, 0.717) is 54.1 Å². The van der Waals surface area contributed by atoms with Crippen molar-refractivity contribution in [1.29, 1.82) is 0 Å². The van der Waals surface area contributed by atoms with Crippen molar-refractivity contribution >= 4 is 98.3 Å². The van der Waals surface area contributed by atoms with Crippen LogP contribution in [0.2, 0.25) is 0 Å². The molecular weight excluding hydrogens is 701 g/mol. The third kappa shape index (κ3) is 3.87. The smallest absolute Gasteiger partial charge is 0.197 e. The van der Waals surface area contributed by atoms with Crippen LogP contribution in [0.15, 0.2) is 165 Å². The van der Waals surface area contributed by atoms with Crippen LogP contribution in [0.4, 0.5) is 0 Å². The van der Waals surface area contributed by atoms with E-state index >= 15 is 0 Å². The van der Waals surface area contributed by atoms with Crippen molar-refractivity contribution < 1.29 is 0 Å². The van der Waals surface area contributed by atoms with Gasteiger partial charge in [-0.05, 0) is 83.9 Å². The summed E-state index contributed by atoms with van der Waals surface area (Å²) in [6, 6.07) is 46.2. The molecule has 5 heterocycles. The van der Waals surface area contributed by atoms with Gasteiger partial charge in [0.1, 0.15) is 0 Å². The highest BCUT2D eigenvalue weighted by Crippen LogP contribution is 2.45. The number of para-hydroxylation sites is 4. The number of thiophene rings is 1. The lowest BCUT2D eigenvalue weighted by atomic mass is 9.99. The lowest BCUT2D eigenvalue weighted by Gasteiger charge is -2.15. The highest BCUT2D eigenvalue weighted by Gasteiger charge is 2.21. The van der Waals surface area contributed by atoms with E-state index < -0.39 is 0 Å². The van der Waals surface area contributed by atoms with Crippen molar-refractivity contribution in [3.05, 3.63) is 186 Å². The fraction of sp³-hybridized carbons (Fsp3) is 0. The van der Waals surface area contributed by atoms with Crippen molar-refractivity contribution in [3.8, 4) is 20.9 Å². The summed E-state index contributed by atoms with van der Waals surface area (Å²) in [6.07, 6.45) is 0. The topological polar surface area (TPSA) is 77.1 Å². The van der Waals surface area contributed by atoms with Gasteiger partial charge in [0.25, 0.3) is 0 Å². The molecule has 7 heteroatoms. The Kier molecular flexibility index (Phi) is 5.88. The Morgan fingerprint density at radius 1 is 0.309 bits per heavy atom. The summed E-state index contributed by atoms with van der Waals surface area (Å²) in [5.74, 6) is 0. The van der Waals surface area contributed by atoms with Crippen LogP contribution in [0.1, 0.15) is 0 Å². The maximum atomic E-state index is 14.3. The molecule has 0 aliphatic rings. The van der Waals surface area contributed by atoms with Gasteiger partial charge in [-0.2, -0.15) is 0 Å². The van der Waals surface area contributed by atoms with Gasteiger partial charge >= 0.3 is 0 Å². The Morgan fingerprint density at radius 3 is 1.05 bits per heavy atom. The molecule has 0 atom stereocenters. The zero-order valence-electron chi connectivity index (χ0n) is 28.8. The van der Waals surface area contributed by atoms with Crippen LogP contribution in [-0.2, 0) is 0 Å². The molecule has 55 heavy (non-hydrogen) atoms. The molecule has 7 aromatic carbocycles. The largest absolute Gasteiger partial charge is 0.308 e. The Labute approximate surface area is 313 Å². The van der Waals surface area contributed by atoms with Gasteiger partial charge < -0.3 is 8.80 Å². The van der Waals surface area contributed by atoms with Gasteiger partial charge in [-0.25, -0.2) is 0 Å². The Hall–Kier alpha value is -7.22. The molecular formula is C48H24N2O4S. The van der Waals surface area contributed by atoms with Crippen LogP contribution in [-0.4, -0.2) is 8.80 Å². The second-order valence-electron chi connectivity index (χ2n) is 14.2. The number of hydrogen-bond acceptors (Lipinski definition) is 5. The summed E-state index contributed by atoms with van der Waals surface area (Å²) in [5.41, 5.74) is 5.71. The Bertz CT molecular complexity index is 3680.